The summed E-state index contributed by atoms with van der Waals surface area (Å²) >= 11 is 0. The van der Waals surface area contributed by atoms with E-state index in [1.807, 2.05) is 0 Å². The van der Waals surface area contributed by atoms with Gasteiger partial charge in [0.2, 0.25) is 0 Å². The lowest BCUT2D eigenvalue weighted by molar-refractivity contribution is 0.0907. The zero-order chi connectivity index (χ0) is 13.3. The molecule has 1 aliphatic carbocycles. The smallest absolute Gasteiger partial charge is 0.255 e. The van der Waals surface area contributed by atoms with Gasteiger partial charge < -0.3 is 16.2 Å². The number of nitrogen functional groups attached to an aromatic ring is 1. The first-order chi connectivity index (χ1) is 8.42. The Bertz CT molecular complexity index is 469. The third-order valence-electron chi connectivity index (χ3n) is 3.87. The van der Waals surface area contributed by atoms with E-state index in [-0.39, 0.29) is 34.4 Å². The van der Waals surface area contributed by atoms with Gasteiger partial charge in [0.25, 0.3) is 5.91 Å². The number of benzene rings is 1. The topological polar surface area (TPSA) is 75.4 Å². The fraction of sp³-hybridized carbons (Fsp3) is 0.500. The number of phenolic OH excluding ortho intramolecular Hbond substituents is 1. The molecule has 2 rings (SSSR count). The van der Waals surface area contributed by atoms with Crippen molar-refractivity contribution in [1.29, 1.82) is 0 Å². The van der Waals surface area contributed by atoms with Crippen LogP contribution < -0.4 is 11.1 Å². The normalized spacial score (nSPS) is 21.8. The lowest BCUT2D eigenvalue weighted by Crippen LogP contribution is -2.41. The van der Waals surface area contributed by atoms with Gasteiger partial charge in [-0.15, -0.1) is 0 Å². The molecule has 1 fully saturated rings. The lowest BCUT2D eigenvalue weighted by atomic mass is 9.87. The van der Waals surface area contributed by atoms with Crippen LogP contribution in [-0.4, -0.2) is 17.1 Å². The van der Waals surface area contributed by atoms with Gasteiger partial charge in [-0.1, -0.05) is 26.3 Å². The van der Waals surface area contributed by atoms with Crippen LogP contribution in [0, 0.1) is 5.41 Å². The van der Waals surface area contributed by atoms with Crippen molar-refractivity contribution >= 4 is 11.6 Å². The highest BCUT2D eigenvalue weighted by molar-refractivity contribution is 5.98. The molecule has 4 heteroatoms. The minimum Gasteiger partial charge on any atom is -0.505 e. The summed E-state index contributed by atoms with van der Waals surface area (Å²) in [5, 5.41) is 12.8. The third-order valence-corrected chi connectivity index (χ3v) is 3.87. The van der Waals surface area contributed by atoms with Crippen LogP contribution >= 0.6 is 0 Å². The Hall–Kier alpha value is -1.71. The molecule has 4 nitrogen and oxygen atoms in total. The van der Waals surface area contributed by atoms with Crippen molar-refractivity contribution in [1.82, 2.24) is 5.32 Å². The van der Waals surface area contributed by atoms with Crippen LogP contribution in [0.2, 0.25) is 0 Å². The predicted octanol–water partition coefficient (Wildman–Crippen LogP) is 2.28. The Morgan fingerprint density at radius 2 is 2.22 bits per heavy atom. The number of nitrogens with two attached hydrogens (primary N) is 1. The number of phenols is 1. The molecule has 0 bridgehead atoms. The molecule has 1 aromatic rings. The van der Waals surface area contributed by atoms with Gasteiger partial charge in [-0.2, -0.15) is 0 Å². The molecule has 1 amide bonds. The van der Waals surface area contributed by atoms with E-state index in [0.717, 1.165) is 19.3 Å². The number of hydrogen-bond acceptors (Lipinski definition) is 3. The van der Waals surface area contributed by atoms with Gasteiger partial charge in [0.05, 0.1) is 11.3 Å². The van der Waals surface area contributed by atoms with E-state index in [2.05, 4.69) is 19.2 Å². The fourth-order valence-corrected chi connectivity index (χ4v) is 2.57. The quantitative estimate of drug-likeness (QED) is 0.555. The molecule has 1 aliphatic rings. The van der Waals surface area contributed by atoms with E-state index >= 15 is 0 Å². The van der Waals surface area contributed by atoms with Gasteiger partial charge in [-0.05, 0) is 30.4 Å². The van der Waals surface area contributed by atoms with Gasteiger partial charge in [0, 0.05) is 6.04 Å². The molecule has 1 atom stereocenters. The number of carbonyl (C=O) groups is 1. The second kappa shape index (κ2) is 4.52. The molecule has 1 unspecified atom stereocenters. The van der Waals surface area contributed by atoms with Crippen LogP contribution in [0.15, 0.2) is 18.2 Å². The third kappa shape index (κ3) is 2.28. The number of anilines is 1. The highest BCUT2D eigenvalue weighted by Gasteiger charge is 2.35. The monoisotopic (exact) mass is 248 g/mol. The number of hydrogen-bond donors (Lipinski definition) is 3. The molecule has 0 aliphatic heterocycles. The highest BCUT2D eigenvalue weighted by atomic mass is 16.3. The van der Waals surface area contributed by atoms with Crippen molar-refractivity contribution in [3.8, 4) is 5.75 Å². The van der Waals surface area contributed by atoms with E-state index in [4.69, 9.17) is 5.73 Å². The summed E-state index contributed by atoms with van der Waals surface area (Å²) in [5.41, 5.74) is 6.18. The number of para-hydroxylation sites is 1. The zero-order valence-corrected chi connectivity index (χ0v) is 10.9. The molecule has 4 N–H and O–H groups in total. The van der Waals surface area contributed by atoms with Crippen LogP contribution in [0.3, 0.4) is 0 Å². The Balaban J connectivity index is 2.15. The first-order valence-electron chi connectivity index (χ1n) is 6.30. The number of amides is 1. The Labute approximate surface area is 107 Å². The number of aromatic hydroxyl groups is 1. The molecule has 0 aromatic heterocycles. The van der Waals surface area contributed by atoms with Crippen LogP contribution in [0.4, 0.5) is 5.69 Å². The SMILES string of the molecule is CC1(C)CCCC1NC(=O)c1cccc(N)c1O. The lowest BCUT2D eigenvalue weighted by Gasteiger charge is -2.27. The summed E-state index contributed by atoms with van der Waals surface area (Å²) < 4.78 is 0. The molecule has 0 radical (unpaired) electrons. The standard InChI is InChI=1S/C14H20N2O2/c1-14(2)8-4-7-11(14)16-13(18)9-5-3-6-10(15)12(9)17/h3,5-6,11,17H,4,7-8,15H2,1-2H3,(H,16,18). The minimum atomic E-state index is -0.250. The second-order valence-corrected chi connectivity index (χ2v) is 5.65. The fourth-order valence-electron chi connectivity index (χ4n) is 2.57. The highest BCUT2D eigenvalue weighted by Crippen LogP contribution is 2.37. The van der Waals surface area contributed by atoms with E-state index in [0.29, 0.717) is 0 Å². The second-order valence-electron chi connectivity index (χ2n) is 5.65. The zero-order valence-electron chi connectivity index (χ0n) is 10.9. The first kappa shape index (κ1) is 12.7. The average molecular weight is 248 g/mol. The summed E-state index contributed by atoms with van der Waals surface area (Å²) in [7, 11) is 0. The average Bonchev–Trinajstić information content (AvgIpc) is 2.62. The van der Waals surface area contributed by atoms with Crippen molar-refractivity contribution in [2.45, 2.75) is 39.2 Å². The predicted molar refractivity (Wildman–Crippen MR) is 71.4 cm³/mol. The maximum Gasteiger partial charge on any atom is 0.255 e. The van der Waals surface area contributed by atoms with E-state index in [1.165, 1.54) is 0 Å². The summed E-state index contributed by atoms with van der Waals surface area (Å²) in [6, 6.07) is 4.99. The van der Waals surface area contributed by atoms with Gasteiger partial charge >= 0.3 is 0 Å². The molecular weight excluding hydrogens is 228 g/mol. The van der Waals surface area contributed by atoms with E-state index < -0.39 is 0 Å². The van der Waals surface area contributed by atoms with Gasteiger partial charge in [-0.3, -0.25) is 4.79 Å². The van der Waals surface area contributed by atoms with Gasteiger partial charge in [0.1, 0.15) is 0 Å². The summed E-state index contributed by atoms with van der Waals surface area (Å²) in [6.45, 7) is 4.31. The number of carbonyl (C=O) groups excluding carboxylic acids is 1. The van der Waals surface area contributed by atoms with Crippen LogP contribution in [-0.2, 0) is 0 Å². The van der Waals surface area contributed by atoms with E-state index in [9.17, 15) is 9.90 Å². The maximum atomic E-state index is 12.1. The van der Waals surface area contributed by atoms with Crippen molar-refractivity contribution in [2.75, 3.05) is 5.73 Å². The van der Waals surface area contributed by atoms with Crippen LogP contribution in [0.5, 0.6) is 5.75 Å². The molecule has 18 heavy (non-hydrogen) atoms. The number of rotatable bonds is 2. The van der Waals surface area contributed by atoms with Crippen molar-refractivity contribution in [3.63, 3.8) is 0 Å². The molecule has 1 aromatic carbocycles. The Morgan fingerprint density at radius 3 is 2.83 bits per heavy atom. The molecule has 98 valence electrons. The van der Waals surface area contributed by atoms with Crippen LogP contribution in [0.25, 0.3) is 0 Å². The molecular formula is C14H20N2O2. The summed E-state index contributed by atoms with van der Waals surface area (Å²) in [6.07, 6.45) is 3.23. The van der Waals surface area contributed by atoms with Crippen molar-refractivity contribution < 1.29 is 9.90 Å². The Kier molecular flexibility index (Phi) is 3.20. The molecule has 0 spiro atoms. The van der Waals surface area contributed by atoms with Crippen molar-refractivity contribution in [3.05, 3.63) is 23.8 Å². The molecule has 0 saturated heterocycles. The maximum absolute atomic E-state index is 12.1. The first-order valence-corrected chi connectivity index (χ1v) is 6.30. The van der Waals surface area contributed by atoms with Crippen LogP contribution in [0.1, 0.15) is 43.5 Å². The van der Waals surface area contributed by atoms with Crippen molar-refractivity contribution in [2.24, 2.45) is 5.41 Å². The number of nitrogens with one attached hydrogen (secondary N) is 1. The minimum absolute atomic E-state index is 0.117. The largest absolute Gasteiger partial charge is 0.505 e. The van der Waals surface area contributed by atoms with Gasteiger partial charge in [-0.25, -0.2) is 0 Å². The van der Waals surface area contributed by atoms with E-state index in [1.54, 1.807) is 18.2 Å². The molecule has 0 heterocycles. The molecule has 1 saturated carbocycles. The van der Waals surface area contributed by atoms with Gasteiger partial charge in [0.15, 0.2) is 5.75 Å². The summed E-state index contributed by atoms with van der Waals surface area (Å²) in [4.78, 5) is 12.1. The summed E-state index contributed by atoms with van der Waals surface area (Å²) in [5.74, 6) is -0.384. The Morgan fingerprint density at radius 1 is 1.50 bits per heavy atom.